The van der Waals surface area contributed by atoms with Crippen molar-refractivity contribution in [2.75, 3.05) is 0 Å². The molecular formula is C14H9F2NO3. The standard InChI is InChI=1S/C14H9F2NO3/c15-10-3-1-9(2-4-10)7-14(18)12-6-5-11(16)8-13(12)17(19)20/h1-6,8H,7H2. The number of nitro groups is 1. The molecule has 0 atom stereocenters. The molecule has 0 saturated carbocycles. The molecule has 0 fully saturated rings. The van der Waals surface area contributed by atoms with Crippen LogP contribution in [0.3, 0.4) is 0 Å². The molecule has 0 radical (unpaired) electrons. The number of halogens is 2. The van der Waals surface area contributed by atoms with Gasteiger partial charge in [0, 0.05) is 6.42 Å². The van der Waals surface area contributed by atoms with Crippen molar-refractivity contribution in [2.45, 2.75) is 6.42 Å². The lowest BCUT2D eigenvalue weighted by Gasteiger charge is -2.03. The van der Waals surface area contributed by atoms with Gasteiger partial charge in [0.25, 0.3) is 5.69 Å². The number of hydrogen-bond donors (Lipinski definition) is 0. The van der Waals surface area contributed by atoms with Crippen LogP contribution in [0, 0.1) is 21.7 Å². The van der Waals surface area contributed by atoms with E-state index in [2.05, 4.69) is 0 Å². The molecule has 4 nitrogen and oxygen atoms in total. The highest BCUT2D eigenvalue weighted by atomic mass is 19.1. The Morgan fingerprint density at radius 1 is 1.05 bits per heavy atom. The van der Waals surface area contributed by atoms with Crippen LogP contribution >= 0.6 is 0 Å². The molecule has 0 amide bonds. The van der Waals surface area contributed by atoms with Crippen LogP contribution in [0.5, 0.6) is 0 Å². The van der Waals surface area contributed by atoms with Gasteiger partial charge in [-0.25, -0.2) is 8.78 Å². The van der Waals surface area contributed by atoms with Gasteiger partial charge >= 0.3 is 0 Å². The van der Waals surface area contributed by atoms with Crippen LogP contribution in [-0.2, 0) is 6.42 Å². The molecule has 0 aliphatic heterocycles. The summed E-state index contributed by atoms with van der Waals surface area (Å²) in [5.41, 5.74) is -0.215. The van der Waals surface area contributed by atoms with Gasteiger partial charge in [-0.1, -0.05) is 12.1 Å². The molecule has 102 valence electrons. The van der Waals surface area contributed by atoms with E-state index in [1.165, 1.54) is 24.3 Å². The molecular weight excluding hydrogens is 268 g/mol. The fourth-order valence-electron chi connectivity index (χ4n) is 1.77. The van der Waals surface area contributed by atoms with Crippen LogP contribution < -0.4 is 0 Å². The molecule has 2 aromatic carbocycles. The summed E-state index contributed by atoms with van der Waals surface area (Å²) >= 11 is 0. The average Bonchev–Trinajstić information content (AvgIpc) is 2.41. The molecule has 0 spiro atoms. The van der Waals surface area contributed by atoms with Crippen LogP contribution in [0.25, 0.3) is 0 Å². The molecule has 0 heterocycles. The maximum atomic E-state index is 13.0. The fourth-order valence-corrected chi connectivity index (χ4v) is 1.77. The first-order valence-corrected chi connectivity index (χ1v) is 5.69. The molecule has 20 heavy (non-hydrogen) atoms. The monoisotopic (exact) mass is 277 g/mol. The van der Waals surface area contributed by atoms with Crippen molar-refractivity contribution in [3.63, 3.8) is 0 Å². The first-order chi connectivity index (χ1) is 9.47. The summed E-state index contributed by atoms with van der Waals surface area (Å²) in [7, 11) is 0. The molecule has 0 N–H and O–H groups in total. The number of Topliss-reactive ketones (excluding diaryl/α,β-unsaturated/α-hetero) is 1. The van der Waals surface area contributed by atoms with Crippen molar-refractivity contribution in [2.24, 2.45) is 0 Å². The Hall–Kier alpha value is -2.63. The van der Waals surface area contributed by atoms with E-state index in [0.29, 0.717) is 11.6 Å². The lowest BCUT2D eigenvalue weighted by Crippen LogP contribution is -2.07. The smallest absolute Gasteiger partial charge is 0.283 e. The number of nitrogens with zero attached hydrogens (tertiary/aromatic N) is 1. The third-order valence-electron chi connectivity index (χ3n) is 2.73. The largest absolute Gasteiger partial charge is 0.294 e. The normalized spacial score (nSPS) is 10.3. The highest BCUT2D eigenvalue weighted by Gasteiger charge is 2.20. The van der Waals surface area contributed by atoms with E-state index < -0.39 is 28.0 Å². The van der Waals surface area contributed by atoms with Crippen LogP contribution in [0.1, 0.15) is 15.9 Å². The number of benzene rings is 2. The van der Waals surface area contributed by atoms with E-state index >= 15 is 0 Å². The third-order valence-corrected chi connectivity index (χ3v) is 2.73. The lowest BCUT2D eigenvalue weighted by atomic mass is 10.0. The van der Waals surface area contributed by atoms with Crippen molar-refractivity contribution >= 4 is 11.5 Å². The first kappa shape index (κ1) is 13.8. The van der Waals surface area contributed by atoms with E-state index in [9.17, 15) is 23.7 Å². The summed E-state index contributed by atoms with van der Waals surface area (Å²) in [6.45, 7) is 0. The quantitative estimate of drug-likeness (QED) is 0.489. The Labute approximate surface area is 112 Å². The number of nitro benzene ring substituents is 1. The zero-order chi connectivity index (χ0) is 14.7. The topological polar surface area (TPSA) is 60.2 Å². The van der Waals surface area contributed by atoms with Crippen LogP contribution in [-0.4, -0.2) is 10.7 Å². The van der Waals surface area contributed by atoms with E-state index in [0.717, 1.165) is 12.1 Å². The number of carbonyl (C=O) groups is 1. The van der Waals surface area contributed by atoms with E-state index in [1.807, 2.05) is 0 Å². The van der Waals surface area contributed by atoms with Crippen molar-refractivity contribution < 1.29 is 18.5 Å². The minimum atomic E-state index is -0.805. The van der Waals surface area contributed by atoms with Gasteiger partial charge in [0.2, 0.25) is 0 Å². The molecule has 0 saturated heterocycles. The fraction of sp³-hybridized carbons (Fsp3) is 0.0714. The summed E-state index contributed by atoms with van der Waals surface area (Å²) in [6.07, 6.45) is -0.118. The second-order valence-corrected chi connectivity index (χ2v) is 4.14. The van der Waals surface area contributed by atoms with Gasteiger partial charge in [-0.3, -0.25) is 14.9 Å². The second-order valence-electron chi connectivity index (χ2n) is 4.14. The van der Waals surface area contributed by atoms with E-state index in [1.54, 1.807) is 0 Å². The summed E-state index contributed by atoms with van der Waals surface area (Å²) < 4.78 is 25.7. The first-order valence-electron chi connectivity index (χ1n) is 5.69. The average molecular weight is 277 g/mol. The maximum Gasteiger partial charge on any atom is 0.283 e. The number of rotatable bonds is 4. The van der Waals surface area contributed by atoms with Gasteiger partial charge in [0.05, 0.1) is 16.6 Å². The molecule has 2 aromatic rings. The second kappa shape index (κ2) is 5.56. The maximum absolute atomic E-state index is 13.0. The van der Waals surface area contributed by atoms with E-state index in [-0.39, 0.29) is 12.0 Å². The van der Waals surface area contributed by atoms with E-state index in [4.69, 9.17) is 0 Å². The molecule has 2 rings (SSSR count). The Bertz CT molecular complexity index is 669. The van der Waals surface area contributed by atoms with Gasteiger partial charge < -0.3 is 0 Å². The molecule has 6 heteroatoms. The molecule has 0 unspecified atom stereocenters. The zero-order valence-electron chi connectivity index (χ0n) is 10.2. The molecule has 0 aliphatic carbocycles. The van der Waals surface area contributed by atoms with Crippen LogP contribution in [0.4, 0.5) is 14.5 Å². The van der Waals surface area contributed by atoms with Gasteiger partial charge in [0.15, 0.2) is 5.78 Å². The Morgan fingerprint density at radius 2 is 1.65 bits per heavy atom. The number of carbonyl (C=O) groups excluding carboxylic acids is 1. The Balaban J connectivity index is 2.29. The number of hydrogen-bond acceptors (Lipinski definition) is 3. The van der Waals surface area contributed by atoms with Gasteiger partial charge in [-0.05, 0) is 29.8 Å². The predicted molar refractivity (Wildman–Crippen MR) is 67.5 cm³/mol. The van der Waals surface area contributed by atoms with Crippen molar-refractivity contribution in [1.82, 2.24) is 0 Å². The summed E-state index contributed by atoms with van der Waals surface area (Å²) in [6, 6.07) is 8.01. The van der Waals surface area contributed by atoms with Gasteiger partial charge in [0.1, 0.15) is 11.6 Å². The molecule has 0 aliphatic rings. The van der Waals surface area contributed by atoms with Crippen molar-refractivity contribution in [3.05, 3.63) is 75.3 Å². The minimum absolute atomic E-state index is 0.118. The number of ketones is 1. The SMILES string of the molecule is O=C(Cc1ccc(F)cc1)c1ccc(F)cc1[N+](=O)[O-]. The highest BCUT2D eigenvalue weighted by Crippen LogP contribution is 2.21. The lowest BCUT2D eigenvalue weighted by molar-refractivity contribution is -0.385. The van der Waals surface area contributed by atoms with Crippen molar-refractivity contribution in [1.29, 1.82) is 0 Å². The minimum Gasteiger partial charge on any atom is -0.294 e. The summed E-state index contributed by atoms with van der Waals surface area (Å²) in [5, 5.41) is 10.8. The summed E-state index contributed by atoms with van der Waals surface area (Å²) in [5.74, 6) is -1.74. The highest BCUT2D eigenvalue weighted by molar-refractivity contribution is 6.01. The molecule has 0 bridgehead atoms. The van der Waals surface area contributed by atoms with Gasteiger partial charge in [-0.2, -0.15) is 0 Å². The van der Waals surface area contributed by atoms with Crippen LogP contribution in [0.2, 0.25) is 0 Å². The third kappa shape index (κ3) is 3.03. The summed E-state index contributed by atoms with van der Waals surface area (Å²) in [4.78, 5) is 22.0. The van der Waals surface area contributed by atoms with Crippen LogP contribution in [0.15, 0.2) is 42.5 Å². The van der Waals surface area contributed by atoms with Gasteiger partial charge in [-0.15, -0.1) is 0 Å². The zero-order valence-corrected chi connectivity index (χ0v) is 10.2. The Morgan fingerprint density at radius 3 is 2.25 bits per heavy atom. The Kier molecular flexibility index (Phi) is 3.84. The molecule has 0 aromatic heterocycles. The predicted octanol–water partition coefficient (Wildman–Crippen LogP) is 3.30. The van der Waals surface area contributed by atoms with Crippen molar-refractivity contribution in [3.8, 4) is 0 Å².